The van der Waals surface area contributed by atoms with E-state index in [4.69, 9.17) is 23.7 Å². The second kappa shape index (κ2) is 50.2. The van der Waals surface area contributed by atoms with Gasteiger partial charge >= 0.3 is 23.9 Å². The van der Waals surface area contributed by atoms with Crippen LogP contribution in [0, 0.1) is 0 Å². The molecular weight excluding hydrogens is 949 g/mol. The standard InChI is InChI=1S/C63H100O12/c1-4-7-10-13-16-19-22-25-27-28-30-33-36-39-42-45-48-51-57(66)74-61-59(68)58(67)60(62(69)70)75-63(61)72-53-54(73-56(65)50-47-44-41-38-35-31-24-21-18-15-12-9-6-3)52-71-55(64)49-46-43-40-37-34-32-29-26-23-20-17-14-11-8-5-2/h7-8,10-12,15-17,19-21,24-27,29,34,37,54,58-61,63,67-68H,4-6,9,13-14,18,22-23,28,30-33,35-36,38-53H2,1-3H3,(H,69,70)/b10-7-,11-8-,15-12-,19-16-,20-17-,24-21-,27-25-,29-26-,37-34-. The third-order valence-electron chi connectivity index (χ3n) is 12.3. The van der Waals surface area contributed by atoms with Crippen LogP contribution in [0.5, 0.6) is 0 Å². The fraction of sp³-hybridized carbons (Fsp3) is 0.651. The fourth-order valence-corrected chi connectivity index (χ4v) is 7.94. The zero-order chi connectivity index (χ0) is 54.7. The summed E-state index contributed by atoms with van der Waals surface area (Å²) in [5.41, 5.74) is 0. The van der Waals surface area contributed by atoms with E-state index in [0.29, 0.717) is 19.3 Å². The molecule has 0 bridgehead atoms. The molecule has 0 spiro atoms. The number of carbonyl (C=O) groups is 4. The van der Waals surface area contributed by atoms with Crippen molar-refractivity contribution in [1.82, 2.24) is 0 Å². The van der Waals surface area contributed by atoms with Gasteiger partial charge in [-0.05, 0) is 116 Å². The Balaban J connectivity index is 2.73. The molecule has 1 rings (SSSR count). The number of aliphatic hydroxyl groups is 2. The van der Waals surface area contributed by atoms with Crippen LogP contribution in [0.3, 0.4) is 0 Å². The molecule has 12 nitrogen and oxygen atoms in total. The van der Waals surface area contributed by atoms with Gasteiger partial charge in [0.1, 0.15) is 18.8 Å². The maximum absolute atomic E-state index is 13.1. The van der Waals surface area contributed by atoms with Gasteiger partial charge in [0.2, 0.25) is 0 Å². The molecule has 1 aliphatic heterocycles. The molecule has 12 heteroatoms. The second-order valence-corrected chi connectivity index (χ2v) is 19.2. The summed E-state index contributed by atoms with van der Waals surface area (Å²) in [5, 5.41) is 31.5. The molecule has 1 saturated heterocycles. The smallest absolute Gasteiger partial charge is 0.335 e. The van der Waals surface area contributed by atoms with Crippen LogP contribution in [-0.4, -0.2) is 89.2 Å². The van der Waals surface area contributed by atoms with Crippen LogP contribution in [0.25, 0.3) is 0 Å². The van der Waals surface area contributed by atoms with Gasteiger partial charge in [0.15, 0.2) is 24.6 Å². The maximum Gasteiger partial charge on any atom is 0.335 e. The van der Waals surface area contributed by atoms with Gasteiger partial charge in [-0.25, -0.2) is 4.79 Å². The highest BCUT2D eigenvalue weighted by Crippen LogP contribution is 2.26. The first-order valence-corrected chi connectivity index (χ1v) is 28.9. The Bertz CT molecular complexity index is 1720. The van der Waals surface area contributed by atoms with Crippen molar-refractivity contribution in [1.29, 1.82) is 0 Å². The zero-order valence-corrected chi connectivity index (χ0v) is 46.5. The topological polar surface area (TPSA) is 175 Å². The van der Waals surface area contributed by atoms with Gasteiger partial charge in [0, 0.05) is 19.3 Å². The van der Waals surface area contributed by atoms with Crippen molar-refractivity contribution >= 4 is 23.9 Å². The van der Waals surface area contributed by atoms with Gasteiger partial charge in [-0.3, -0.25) is 14.4 Å². The summed E-state index contributed by atoms with van der Waals surface area (Å²) in [6.45, 7) is 5.63. The van der Waals surface area contributed by atoms with Crippen LogP contribution in [0.2, 0.25) is 0 Å². The van der Waals surface area contributed by atoms with Gasteiger partial charge in [-0.2, -0.15) is 0 Å². The lowest BCUT2D eigenvalue weighted by Crippen LogP contribution is -2.61. The first kappa shape index (κ1) is 68.4. The first-order valence-electron chi connectivity index (χ1n) is 28.9. The van der Waals surface area contributed by atoms with Crippen molar-refractivity contribution in [3.05, 3.63) is 109 Å². The average molecular weight is 1050 g/mol. The minimum atomic E-state index is -1.92. The second-order valence-electron chi connectivity index (χ2n) is 19.2. The van der Waals surface area contributed by atoms with Crippen molar-refractivity contribution in [3.63, 3.8) is 0 Å². The number of rotatable bonds is 47. The molecule has 0 aliphatic carbocycles. The summed E-state index contributed by atoms with van der Waals surface area (Å²) in [6, 6.07) is 0. The fourth-order valence-electron chi connectivity index (χ4n) is 7.94. The van der Waals surface area contributed by atoms with Gasteiger partial charge in [-0.1, -0.05) is 188 Å². The Labute approximate surface area is 453 Å². The van der Waals surface area contributed by atoms with E-state index >= 15 is 0 Å². The first-order chi connectivity index (χ1) is 36.6. The van der Waals surface area contributed by atoms with Crippen molar-refractivity contribution in [2.24, 2.45) is 0 Å². The largest absolute Gasteiger partial charge is 0.479 e. The van der Waals surface area contributed by atoms with Crippen molar-refractivity contribution in [3.8, 4) is 0 Å². The highest BCUT2D eigenvalue weighted by molar-refractivity contribution is 5.74. The molecule has 0 radical (unpaired) electrons. The number of allylic oxidation sites excluding steroid dienone is 18. The molecule has 6 unspecified atom stereocenters. The molecule has 424 valence electrons. The minimum Gasteiger partial charge on any atom is -0.479 e. The van der Waals surface area contributed by atoms with Crippen molar-refractivity contribution in [2.45, 2.75) is 250 Å². The number of carbonyl (C=O) groups excluding carboxylic acids is 3. The zero-order valence-electron chi connectivity index (χ0n) is 46.5. The molecule has 1 heterocycles. The van der Waals surface area contributed by atoms with E-state index in [-0.39, 0.29) is 25.9 Å². The highest BCUT2D eigenvalue weighted by Gasteiger charge is 2.50. The lowest BCUT2D eigenvalue weighted by Gasteiger charge is -2.40. The molecule has 1 fully saturated rings. The number of esters is 3. The lowest BCUT2D eigenvalue weighted by molar-refractivity contribution is -0.301. The summed E-state index contributed by atoms with van der Waals surface area (Å²) in [5.74, 6) is -3.22. The number of hydrogen-bond donors (Lipinski definition) is 3. The van der Waals surface area contributed by atoms with E-state index in [0.717, 1.165) is 154 Å². The van der Waals surface area contributed by atoms with E-state index in [9.17, 15) is 34.5 Å². The molecule has 75 heavy (non-hydrogen) atoms. The summed E-state index contributed by atoms with van der Waals surface area (Å²) < 4.78 is 28.3. The normalized spacial score (nSPS) is 19.0. The third kappa shape index (κ3) is 40.3. The van der Waals surface area contributed by atoms with Crippen LogP contribution in [0.15, 0.2) is 109 Å². The predicted molar refractivity (Wildman–Crippen MR) is 303 cm³/mol. The van der Waals surface area contributed by atoms with E-state index in [1.807, 2.05) is 0 Å². The predicted octanol–water partition coefficient (Wildman–Crippen LogP) is 14.7. The molecule has 6 atom stereocenters. The van der Waals surface area contributed by atoms with Gasteiger partial charge in [-0.15, -0.1) is 0 Å². The Morgan fingerprint density at radius 1 is 0.453 bits per heavy atom. The maximum atomic E-state index is 13.1. The van der Waals surface area contributed by atoms with E-state index in [1.165, 1.54) is 0 Å². The van der Waals surface area contributed by atoms with Crippen LogP contribution in [0.4, 0.5) is 0 Å². The number of carboxylic acids is 1. The van der Waals surface area contributed by atoms with Crippen LogP contribution < -0.4 is 0 Å². The SMILES string of the molecule is CC/C=C\C/C=C\C/C=C\C/C=C\CCCCC(=O)OCC(COC1OC(C(=O)O)C(O)C(O)C1OC(=O)CCCCCCCCC/C=C\C/C=C\C/C=C\CC)OC(=O)CCCCCCC/C=C\C/C=C\CCC. The van der Waals surface area contributed by atoms with E-state index < -0.39 is 67.3 Å². The van der Waals surface area contributed by atoms with Gasteiger partial charge < -0.3 is 39.0 Å². The Hall–Kier alpha value is -4.62. The highest BCUT2D eigenvalue weighted by atomic mass is 16.7. The monoisotopic (exact) mass is 1050 g/mol. The number of ether oxygens (including phenoxy) is 5. The lowest BCUT2D eigenvalue weighted by atomic mass is 9.98. The summed E-state index contributed by atoms with van der Waals surface area (Å²) in [7, 11) is 0. The third-order valence-corrected chi connectivity index (χ3v) is 12.3. The minimum absolute atomic E-state index is 0.0379. The van der Waals surface area contributed by atoms with Gasteiger partial charge in [0.25, 0.3) is 0 Å². The molecule has 0 aromatic heterocycles. The summed E-state index contributed by atoms with van der Waals surface area (Å²) in [6.07, 6.45) is 54.9. The molecule has 0 aromatic rings. The van der Waals surface area contributed by atoms with Crippen molar-refractivity contribution < 1.29 is 58.2 Å². The quantitative estimate of drug-likeness (QED) is 0.0228. The van der Waals surface area contributed by atoms with Gasteiger partial charge in [0.05, 0.1) is 6.61 Å². The summed E-state index contributed by atoms with van der Waals surface area (Å²) in [4.78, 5) is 51.1. The summed E-state index contributed by atoms with van der Waals surface area (Å²) >= 11 is 0. The number of hydrogen-bond acceptors (Lipinski definition) is 11. The van der Waals surface area contributed by atoms with E-state index in [1.54, 1.807) is 0 Å². The Morgan fingerprint density at radius 3 is 1.31 bits per heavy atom. The number of unbranched alkanes of at least 4 members (excludes halogenated alkanes) is 15. The molecule has 0 amide bonds. The van der Waals surface area contributed by atoms with Crippen LogP contribution in [0.1, 0.15) is 213 Å². The number of carboxylic acid groups (broad SMARTS) is 1. The Morgan fingerprint density at radius 2 is 0.840 bits per heavy atom. The number of aliphatic hydroxyl groups excluding tert-OH is 2. The average Bonchev–Trinajstić information content (AvgIpc) is 3.39. The molecule has 0 aromatic carbocycles. The number of aliphatic carboxylic acids is 1. The molecular formula is C63H100O12. The van der Waals surface area contributed by atoms with Crippen LogP contribution >= 0.6 is 0 Å². The Kier molecular flexibility index (Phi) is 45.8. The van der Waals surface area contributed by atoms with E-state index in [2.05, 4.69) is 130 Å². The molecule has 0 saturated carbocycles. The van der Waals surface area contributed by atoms with Crippen molar-refractivity contribution in [2.75, 3.05) is 13.2 Å². The van der Waals surface area contributed by atoms with Crippen LogP contribution in [-0.2, 0) is 42.9 Å². The molecule has 1 aliphatic rings. The molecule has 3 N–H and O–H groups in total.